The quantitative estimate of drug-likeness (QED) is 0.846. The largest absolute Gasteiger partial charge is 0.379 e. The number of rotatable bonds is 5. The van der Waals surface area contributed by atoms with Crippen LogP contribution in [0, 0.1) is 11.3 Å². The Morgan fingerprint density at radius 2 is 2.14 bits per heavy atom. The molecule has 5 nitrogen and oxygen atoms in total. The average Bonchev–Trinajstić information content (AvgIpc) is 2.52. The van der Waals surface area contributed by atoms with Gasteiger partial charge in [-0.3, -0.25) is 4.79 Å². The summed E-state index contributed by atoms with van der Waals surface area (Å²) in [5.74, 6) is 0. The third-order valence-corrected chi connectivity index (χ3v) is 3.62. The fourth-order valence-corrected chi connectivity index (χ4v) is 2.18. The molecular weight excluding hydrogens is 332 g/mol. The molecule has 1 aromatic carbocycles. The minimum Gasteiger partial charge on any atom is -0.379 e. The van der Waals surface area contributed by atoms with E-state index in [1.807, 2.05) is 12.1 Å². The molecule has 106 valence electrons. The highest BCUT2D eigenvalue weighted by Gasteiger charge is 2.07. The van der Waals surface area contributed by atoms with Crippen LogP contribution in [0.25, 0.3) is 0 Å². The van der Waals surface area contributed by atoms with E-state index in [1.54, 1.807) is 24.4 Å². The maximum absolute atomic E-state index is 12.0. The van der Waals surface area contributed by atoms with Crippen LogP contribution in [0.2, 0.25) is 0 Å². The molecule has 1 N–H and O–H groups in total. The lowest BCUT2D eigenvalue weighted by atomic mass is 10.1. The Morgan fingerprint density at radius 1 is 1.43 bits per heavy atom. The molecule has 21 heavy (non-hydrogen) atoms. The van der Waals surface area contributed by atoms with Crippen molar-refractivity contribution in [1.29, 1.82) is 5.26 Å². The number of hydrogen-bond acceptors (Lipinski definition) is 4. The number of hydrogen-bond donors (Lipinski definition) is 1. The maximum atomic E-state index is 12.0. The third kappa shape index (κ3) is 3.58. The first-order valence-electron chi connectivity index (χ1n) is 6.25. The molecule has 0 saturated carbocycles. The molecule has 1 heterocycles. The van der Waals surface area contributed by atoms with E-state index in [-0.39, 0.29) is 5.56 Å². The normalized spacial score (nSPS) is 9.90. The lowest BCUT2D eigenvalue weighted by Gasteiger charge is -2.09. The molecule has 6 heteroatoms. The molecule has 0 amide bonds. The summed E-state index contributed by atoms with van der Waals surface area (Å²) in [6.07, 6.45) is 3.21. The molecule has 1 aromatic heterocycles. The summed E-state index contributed by atoms with van der Waals surface area (Å²) < 4.78 is 1.76. The summed E-state index contributed by atoms with van der Waals surface area (Å²) in [4.78, 5) is 12.0. The van der Waals surface area contributed by atoms with Gasteiger partial charge >= 0.3 is 0 Å². The first-order chi connectivity index (χ1) is 10.2. The van der Waals surface area contributed by atoms with E-state index < -0.39 is 0 Å². The van der Waals surface area contributed by atoms with Crippen LogP contribution in [0.5, 0.6) is 0 Å². The van der Waals surface area contributed by atoms with Gasteiger partial charge in [-0.15, -0.1) is 6.58 Å². The zero-order valence-electron chi connectivity index (χ0n) is 11.2. The lowest BCUT2D eigenvalue weighted by molar-refractivity contribution is 0.649. The zero-order chi connectivity index (χ0) is 15.2. The van der Waals surface area contributed by atoms with Gasteiger partial charge in [0.2, 0.25) is 0 Å². The van der Waals surface area contributed by atoms with Crippen LogP contribution in [0.3, 0.4) is 0 Å². The molecule has 0 aliphatic rings. The number of anilines is 1. The Labute approximate surface area is 130 Å². The van der Waals surface area contributed by atoms with Crippen molar-refractivity contribution in [2.45, 2.75) is 13.1 Å². The number of benzene rings is 1. The smallest absolute Gasteiger partial charge is 0.283 e. The first kappa shape index (κ1) is 15.0. The van der Waals surface area contributed by atoms with Gasteiger partial charge in [0.1, 0.15) is 4.47 Å². The molecule has 0 aliphatic carbocycles. The maximum Gasteiger partial charge on any atom is 0.283 e. The van der Waals surface area contributed by atoms with Crippen molar-refractivity contribution in [3.8, 4) is 6.07 Å². The van der Waals surface area contributed by atoms with E-state index in [9.17, 15) is 4.79 Å². The van der Waals surface area contributed by atoms with Gasteiger partial charge in [0.15, 0.2) is 0 Å². The van der Waals surface area contributed by atoms with Crippen molar-refractivity contribution in [1.82, 2.24) is 9.78 Å². The van der Waals surface area contributed by atoms with Gasteiger partial charge in [-0.2, -0.15) is 10.4 Å². The molecule has 0 spiro atoms. The SMILES string of the molecule is C=CCn1ncc(NCc2ccc(C#N)cc2)c(Br)c1=O. The van der Waals surface area contributed by atoms with Crippen molar-refractivity contribution in [2.75, 3.05) is 5.32 Å². The summed E-state index contributed by atoms with van der Waals surface area (Å²) in [6.45, 7) is 4.49. The highest BCUT2D eigenvalue weighted by molar-refractivity contribution is 9.10. The Morgan fingerprint density at radius 3 is 2.76 bits per heavy atom. The number of allylic oxidation sites excluding steroid dienone is 1. The van der Waals surface area contributed by atoms with E-state index in [4.69, 9.17) is 5.26 Å². The molecule has 0 radical (unpaired) electrons. The summed E-state index contributed by atoms with van der Waals surface area (Å²) in [5, 5.41) is 16.0. The minimum atomic E-state index is -0.209. The van der Waals surface area contributed by atoms with Crippen molar-refractivity contribution in [3.63, 3.8) is 0 Å². The van der Waals surface area contributed by atoms with Crippen molar-refractivity contribution >= 4 is 21.6 Å². The number of halogens is 1. The van der Waals surface area contributed by atoms with Gasteiger partial charge in [-0.05, 0) is 33.6 Å². The number of nitriles is 1. The van der Waals surface area contributed by atoms with Gasteiger partial charge in [0.25, 0.3) is 5.56 Å². The van der Waals surface area contributed by atoms with E-state index in [1.165, 1.54) is 4.68 Å². The first-order valence-corrected chi connectivity index (χ1v) is 7.04. The Kier molecular flexibility index (Phi) is 4.90. The number of nitrogens with one attached hydrogen (secondary N) is 1. The predicted molar refractivity (Wildman–Crippen MR) is 84.9 cm³/mol. The molecule has 2 rings (SSSR count). The molecule has 0 unspecified atom stereocenters. The van der Waals surface area contributed by atoms with Crippen LogP contribution in [0.1, 0.15) is 11.1 Å². The van der Waals surface area contributed by atoms with E-state index in [0.29, 0.717) is 28.8 Å². The fraction of sp³-hybridized carbons (Fsp3) is 0.133. The predicted octanol–water partition coefficient (Wildman–Crippen LogP) is 2.68. The fourth-order valence-electron chi connectivity index (χ4n) is 1.74. The van der Waals surface area contributed by atoms with Gasteiger partial charge in [-0.1, -0.05) is 18.2 Å². The number of nitrogens with zero attached hydrogens (tertiary/aromatic N) is 3. The molecular formula is C15H13BrN4O. The van der Waals surface area contributed by atoms with Gasteiger partial charge < -0.3 is 5.32 Å². The van der Waals surface area contributed by atoms with Gasteiger partial charge in [-0.25, -0.2) is 4.68 Å². The lowest BCUT2D eigenvalue weighted by Crippen LogP contribution is -2.23. The monoisotopic (exact) mass is 344 g/mol. The highest BCUT2D eigenvalue weighted by Crippen LogP contribution is 2.17. The Hall–Kier alpha value is -2.39. The highest BCUT2D eigenvalue weighted by atomic mass is 79.9. The van der Waals surface area contributed by atoms with Crippen LogP contribution >= 0.6 is 15.9 Å². The summed E-state index contributed by atoms with van der Waals surface area (Å²) in [7, 11) is 0. The summed E-state index contributed by atoms with van der Waals surface area (Å²) in [6, 6.07) is 9.32. The second kappa shape index (κ2) is 6.86. The minimum absolute atomic E-state index is 0.209. The Balaban J connectivity index is 2.13. The molecule has 0 saturated heterocycles. The van der Waals surface area contributed by atoms with Gasteiger partial charge in [0.05, 0.1) is 30.1 Å². The third-order valence-electron chi connectivity index (χ3n) is 2.85. The molecule has 0 aliphatic heterocycles. The van der Waals surface area contributed by atoms with E-state index in [2.05, 4.69) is 39.0 Å². The number of aromatic nitrogens is 2. The van der Waals surface area contributed by atoms with E-state index >= 15 is 0 Å². The standard InChI is InChI=1S/C15H13BrN4O/c1-2-7-20-15(21)14(16)13(10-19-20)18-9-12-5-3-11(8-17)4-6-12/h2-6,10,18H,1,7,9H2. The van der Waals surface area contributed by atoms with Gasteiger partial charge in [0, 0.05) is 6.54 Å². The van der Waals surface area contributed by atoms with Crippen molar-refractivity contribution in [2.24, 2.45) is 0 Å². The van der Waals surface area contributed by atoms with Crippen LogP contribution in [0.4, 0.5) is 5.69 Å². The summed E-state index contributed by atoms with van der Waals surface area (Å²) in [5.41, 5.74) is 2.05. The van der Waals surface area contributed by atoms with Crippen molar-refractivity contribution < 1.29 is 0 Å². The molecule has 0 fully saturated rings. The topological polar surface area (TPSA) is 70.7 Å². The second-order valence-corrected chi connectivity index (χ2v) is 5.10. The van der Waals surface area contributed by atoms with Crippen LogP contribution in [0.15, 0.2) is 52.4 Å². The second-order valence-electron chi connectivity index (χ2n) is 4.31. The Bertz CT molecular complexity index is 744. The van der Waals surface area contributed by atoms with Crippen molar-refractivity contribution in [3.05, 3.63) is 69.1 Å². The molecule has 0 atom stereocenters. The zero-order valence-corrected chi connectivity index (χ0v) is 12.8. The van der Waals surface area contributed by atoms with E-state index in [0.717, 1.165) is 5.56 Å². The summed E-state index contributed by atoms with van der Waals surface area (Å²) >= 11 is 3.28. The van der Waals surface area contributed by atoms with Crippen LogP contribution < -0.4 is 10.9 Å². The van der Waals surface area contributed by atoms with Crippen LogP contribution in [-0.4, -0.2) is 9.78 Å². The van der Waals surface area contributed by atoms with Crippen LogP contribution in [-0.2, 0) is 13.1 Å². The molecule has 0 bridgehead atoms. The molecule has 2 aromatic rings. The average molecular weight is 345 g/mol.